The zero-order chi connectivity index (χ0) is 11.8. The lowest BCUT2D eigenvalue weighted by molar-refractivity contribution is 0.0945. The fourth-order valence-electron chi connectivity index (χ4n) is 1.58. The summed E-state index contributed by atoms with van der Waals surface area (Å²) < 4.78 is 22.6. The largest absolute Gasteiger partial charge is 0.346 e. The van der Waals surface area contributed by atoms with Gasteiger partial charge in [0.15, 0.2) is 9.84 Å². The maximum Gasteiger partial charge on any atom is 0.261 e. The van der Waals surface area contributed by atoms with Gasteiger partial charge in [-0.1, -0.05) is 6.07 Å². The molecule has 2 atom stereocenters. The molecule has 4 nitrogen and oxygen atoms in total. The summed E-state index contributed by atoms with van der Waals surface area (Å²) in [5.41, 5.74) is 0. The summed E-state index contributed by atoms with van der Waals surface area (Å²) in [5.74, 6) is -0.398. The number of hydrogen-bond acceptors (Lipinski definition) is 4. The minimum atomic E-state index is -3.10. The number of rotatable bonds is 2. The molecule has 1 N–H and O–H groups in total. The highest BCUT2D eigenvalue weighted by molar-refractivity contribution is 7.91. The van der Waals surface area contributed by atoms with Crippen molar-refractivity contribution in [1.29, 1.82) is 0 Å². The Hall–Kier alpha value is -0.590. The zero-order valence-corrected chi connectivity index (χ0v) is 10.6. The smallest absolute Gasteiger partial charge is 0.261 e. The van der Waals surface area contributed by atoms with E-state index in [1.807, 2.05) is 0 Å². The van der Waals surface area contributed by atoms with Crippen molar-refractivity contribution in [2.75, 3.05) is 11.5 Å². The molecule has 7 heteroatoms. The molecule has 1 fully saturated rings. The second-order valence-electron chi connectivity index (χ2n) is 3.65. The Kier molecular flexibility index (Phi) is 3.23. The summed E-state index contributed by atoms with van der Waals surface area (Å²) in [6.07, 6.45) is 0. The summed E-state index contributed by atoms with van der Waals surface area (Å²) in [6.45, 7) is 0. The molecule has 1 amide bonds. The van der Waals surface area contributed by atoms with E-state index < -0.39 is 21.3 Å². The van der Waals surface area contributed by atoms with Crippen LogP contribution in [0, 0.1) is 0 Å². The molecular formula is C9H10ClNO3S2. The second kappa shape index (κ2) is 4.35. The highest BCUT2D eigenvalue weighted by Crippen LogP contribution is 2.19. The van der Waals surface area contributed by atoms with E-state index in [-0.39, 0.29) is 17.4 Å². The van der Waals surface area contributed by atoms with Crippen molar-refractivity contribution < 1.29 is 13.2 Å². The Bertz CT molecular complexity index is 483. The molecule has 2 unspecified atom stereocenters. The third-order valence-electron chi connectivity index (χ3n) is 2.34. The Labute approximate surface area is 103 Å². The van der Waals surface area contributed by atoms with Gasteiger partial charge in [0.1, 0.15) is 0 Å². The van der Waals surface area contributed by atoms with Crippen LogP contribution in [0.15, 0.2) is 17.5 Å². The molecule has 0 bridgehead atoms. The van der Waals surface area contributed by atoms with Crippen LogP contribution in [0.4, 0.5) is 0 Å². The number of alkyl halides is 1. The predicted molar refractivity (Wildman–Crippen MR) is 63.9 cm³/mol. The summed E-state index contributed by atoms with van der Waals surface area (Å²) in [4.78, 5) is 12.2. The highest BCUT2D eigenvalue weighted by Gasteiger charge is 2.37. The fourth-order valence-corrected chi connectivity index (χ4v) is 4.76. The van der Waals surface area contributed by atoms with Crippen LogP contribution < -0.4 is 5.32 Å². The maximum atomic E-state index is 11.7. The first kappa shape index (κ1) is 11.9. The van der Waals surface area contributed by atoms with Crippen LogP contribution in [0.3, 0.4) is 0 Å². The third kappa shape index (κ3) is 2.56. The summed E-state index contributed by atoms with van der Waals surface area (Å²) in [6, 6.07) is 2.97. The Morgan fingerprint density at radius 3 is 2.75 bits per heavy atom. The van der Waals surface area contributed by atoms with Crippen molar-refractivity contribution in [2.24, 2.45) is 0 Å². The average molecular weight is 280 g/mol. The van der Waals surface area contributed by atoms with E-state index in [9.17, 15) is 13.2 Å². The van der Waals surface area contributed by atoms with E-state index in [4.69, 9.17) is 11.6 Å². The molecule has 1 saturated heterocycles. The van der Waals surface area contributed by atoms with Gasteiger partial charge < -0.3 is 5.32 Å². The van der Waals surface area contributed by atoms with Gasteiger partial charge in [-0.25, -0.2) is 8.42 Å². The topological polar surface area (TPSA) is 63.2 Å². The Balaban J connectivity index is 2.04. The van der Waals surface area contributed by atoms with Crippen LogP contribution in [0.25, 0.3) is 0 Å². The first-order valence-corrected chi connectivity index (χ1v) is 7.80. The molecule has 1 aliphatic heterocycles. The number of amides is 1. The average Bonchev–Trinajstić information content (AvgIpc) is 2.74. The quantitative estimate of drug-likeness (QED) is 0.818. The third-order valence-corrected chi connectivity index (χ3v) is 5.59. The molecule has 1 aliphatic rings. The fraction of sp³-hybridized carbons (Fsp3) is 0.444. The molecule has 0 aromatic carbocycles. The molecule has 2 heterocycles. The van der Waals surface area contributed by atoms with Gasteiger partial charge in [-0.2, -0.15) is 0 Å². The number of carbonyl (C=O) groups excluding carboxylic acids is 1. The molecule has 16 heavy (non-hydrogen) atoms. The van der Waals surface area contributed by atoms with E-state index >= 15 is 0 Å². The van der Waals surface area contributed by atoms with Crippen molar-refractivity contribution in [2.45, 2.75) is 11.4 Å². The van der Waals surface area contributed by atoms with Gasteiger partial charge in [0.2, 0.25) is 0 Å². The van der Waals surface area contributed by atoms with Crippen molar-refractivity contribution in [1.82, 2.24) is 5.32 Å². The van der Waals surface area contributed by atoms with E-state index in [1.165, 1.54) is 11.3 Å². The standard InChI is InChI=1S/C9H10ClNO3S2/c10-6-4-16(13,14)5-7(6)11-9(12)8-2-1-3-15-8/h1-3,6-7H,4-5H2,(H,11,12). The lowest BCUT2D eigenvalue weighted by Crippen LogP contribution is -2.40. The van der Waals surface area contributed by atoms with Crippen molar-refractivity contribution >= 4 is 38.7 Å². The second-order valence-corrected chi connectivity index (χ2v) is 7.31. The van der Waals surface area contributed by atoms with E-state index in [2.05, 4.69) is 5.32 Å². The first-order valence-electron chi connectivity index (χ1n) is 4.67. The minimum Gasteiger partial charge on any atom is -0.346 e. The Morgan fingerprint density at radius 1 is 1.50 bits per heavy atom. The molecule has 0 spiro atoms. The van der Waals surface area contributed by atoms with Crippen LogP contribution in [0.2, 0.25) is 0 Å². The number of thiophene rings is 1. The van der Waals surface area contributed by atoms with Crippen LogP contribution in [0.1, 0.15) is 9.67 Å². The van der Waals surface area contributed by atoms with E-state index in [1.54, 1.807) is 17.5 Å². The van der Waals surface area contributed by atoms with Gasteiger partial charge in [-0.3, -0.25) is 4.79 Å². The molecule has 2 rings (SSSR count). The van der Waals surface area contributed by atoms with Gasteiger partial charge in [0.25, 0.3) is 5.91 Å². The number of halogens is 1. The van der Waals surface area contributed by atoms with E-state index in [0.717, 1.165) is 0 Å². The van der Waals surface area contributed by atoms with Crippen molar-refractivity contribution in [3.05, 3.63) is 22.4 Å². The molecule has 0 aliphatic carbocycles. The van der Waals surface area contributed by atoms with Gasteiger partial charge in [0, 0.05) is 0 Å². The summed E-state index contributed by atoms with van der Waals surface area (Å²) in [7, 11) is -3.10. The molecule has 0 saturated carbocycles. The summed E-state index contributed by atoms with van der Waals surface area (Å²) in [5, 5.41) is 3.90. The number of nitrogens with one attached hydrogen (secondary N) is 1. The van der Waals surface area contributed by atoms with Gasteiger partial charge in [0.05, 0.1) is 27.8 Å². The number of hydrogen-bond donors (Lipinski definition) is 1. The van der Waals surface area contributed by atoms with Crippen molar-refractivity contribution in [3.8, 4) is 0 Å². The Morgan fingerprint density at radius 2 is 2.25 bits per heavy atom. The normalized spacial score (nSPS) is 27.8. The van der Waals surface area contributed by atoms with Crippen LogP contribution >= 0.6 is 22.9 Å². The van der Waals surface area contributed by atoms with Crippen LogP contribution in [-0.2, 0) is 9.84 Å². The molecule has 1 aromatic rings. The maximum absolute atomic E-state index is 11.7. The van der Waals surface area contributed by atoms with Crippen molar-refractivity contribution in [3.63, 3.8) is 0 Å². The van der Waals surface area contributed by atoms with Gasteiger partial charge in [-0.15, -0.1) is 22.9 Å². The molecular weight excluding hydrogens is 270 g/mol. The van der Waals surface area contributed by atoms with Crippen LogP contribution in [-0.4, -0.2) is 37.2 Å². The lowest BCUT2D eigenvalue weighted by atomic mass is 10.2. The van der Waals surface area contributed by atoms with Gasteiger partial charge in [-0.05, 0) is 11.4 Å². The molecule has 1 aromatic heterocycles. The SMILES string of the molecule is O=C(NC1CS(=O)(=O)CC1Cl)c1cccs1. The van der Waals surface area contributed by atoms with Crippen LogP contribution in [0.5, 0.6) is 0 Å². The summed E-state index contributed by atoms with van der Waals surface area (Å²) >= 11 is 7.19. The zero-order valence-electron chi connectivity index (χ0n) is 8.22. The predicted octanol–water partition coefficient (Wildman–Crippen LogP) is 0.882. The minimum absolute atomic E-state index is 0.0655. The number of carbonyl (C=O) groups is 1. The van der Waals surface area contributed by atoms with Gasteiger partial charge >= 0.3 is 0 Å². The monoisotopic (exact) mass is 279 g/mol. The highest BCUT2D eigenvalue weighted by atomic mass is 35.5. The molecule has 88 valence electrons. The lowest BCUT2D eigenvalue weighted by Gasteiger charge is -2.13. The first-order chi connectivity index (χ1) is 7.48. The molecule has 0 radical (unpaired) electrons. The van der Waals surface area contributed by atoms with E-state index in [0.29, 0.717) is 4.88 Å². The number of sulfone groups is 1.